The molecule has 4 nitrogen and oxygen atoms in total. The molecule has 1 N–H and O–H groups in total. The lowest BCUT2D eigenvalue weighted by molar-refractivity contribution is -0.158. The van der Waals surface area contributed by atoms with Crippen LogP contribution in [-0.4, -0.2) is 29.2 Å². The number of ketones is 1. The van der Waals surface area contributed by atoms with E-state index in [0.717, 1.165) is 28.0 Å². The van der Waals surface area contributed by atoms with Crippen LogP contribution in [-0.2, 0) is 9.53 Å². The Kier molecular flexibility index (Phi) is 4.64. The second-order valence-corrected chi connectivity index (χ2v) is 7.93. The van der Waals surface area contributed by atoms with Gasteiger partial charge in [-0.3, -0.25) is 4.79 Å². The Morgan fingerprint density at radius 3 is 2.11 bits per heavy atom. The highest BCUT2D eigenvalue weighted by Gasteiger charge is 2.47. The van der Waals surface area contributed by atoms with Crippen LogP contribution in [0.4, 0.5) is 0 Å². The maximum Gasteiger partial charge on any atom is 0.198 e. The Labute approximate surface area is 160 Å². The van der Waals surface area contributed by atoms with E-state index in [2.05, 4.69) is 0 Å². The molecule has 1 heterocycles. The molecule has 0 aliphatic carbocycles. The van der Waals surface area contributed by atoms with Gasteiger partial charge in [0.25, 0.3) is 0 Å². The number of hydrogen-bond donors (Lipinski definition) is 1. The van der Waals surface area contributed by atoms with Crippen molar-refractivity contribution in [3.8, 4) is 16.9 Å². The summed E-state index contributed by atoms with van der Waals surface area (Å²) < 4.78 is 11.1. The van der Waals surface area contributed by atoms with Crippen molar-refractivity contribution in [3.63, 3.8) is 0 Å². The molecule has 3 rings (SSSR count). The SMILES string of the molecule is COc1ccc(-c2ccc(C)c(C3=C(O)C(C)(C)OC(C)(C)C3=O)c2)cc1. The maximum atomic E-state index is 13.1. The van der Waals surface area contributed by atoms with Gasteiger partial charge in [-0.2, -0.15) is 0 Å². The number of carbonyl (C=O) groups excluding carboxylic acids is 1. The predicted molar refractivity (Wildman–Crippen MR) is 107 cm³/mol. The zero-order valence-corrected chi connectivity index (χ0v) is 16.7. The van der Waals surface area contributed by atoms with E-state index < -0.39 is 11.2 Å². The van der Waals surface area contributed by atoms with E-state index in [1.807, 2.05) is 49.4 Å². The van der Waals surface area contributed by atoms with Crippen LogP contribution in [0.2, 0.25) is 0 Å². The first-order valence-corrected chi connectivity index (χ1v) is 9.01. The highest BCUT2D eigenvalue weighted by atomic mass is 16.5. The fourth-order valence-electron chi connectivity index (χ4n) is 3.55. The van der Waals surface area contributed by atoms with Gasteiger partial charge >= 0.3 is 0 Å². The van der Waals surface area contributed by atoms with Crippen LogP contribution in [0.15, 0.2) is 48.2 Å². The van der Waals surface area contributed by atoms with E-state index in [4.69, 9.17) is 9.47 Å². The number of aryl methyl sites for hydroxylation is 1. The second kappa shape index (κ2) is 6.54. The van der Waals surface area contributed by atoms with Crippen LogP contribution >= 0.6 is 0 Å². The minimum absolute atomic E-state index is 0.0261. The lowest BCUT2D eigenvalue weighted by Crippen LogP contribution is -2.49. The molecular weight excluding hydrogens is 340 g/mol. The highest BCUT2D eigenvalue weighted by molar-refractivity contribution is 6.26. The van der Waals surface area contributed by atoms with E-state index in [9.17, 15) is 9.90 Å². The highest BCUT2D eigenvalue weighted by Crippen LogP contribution is 2.41. The molecule has 0 radical (unpaired) electrons. The summed E-state index contributed by atoms with van der Waals surface area (Å²) in [6, 6.07) is 13.7. The van der Waals surface area contributed by atoms with Crippen molar-refractivity contribution in [1.29, 1.82) is 0 Å². The Balaban J connectivity index is 2.17. The molecule has 0 fully saturated rings. The van der Waals surface area contributed by atoms with E-state index >= 15 is 0 Å². The van der Waals surface area contributed by atoms with Crippen molar-refractivity contribution in [2.75, 3.05) is 7.11 Å². The monoisotopic (exact) mass is 366 g/mol. The lowest BCUT2D eigenvalue weighted by atomic mass is 9.81. The molecule has 0 atom stereocenters. The molecule has 1 aliphatic heterocycles. The number of aliphatic hydroxyl groups excluding tert-OH is 1. The molecule has 2 aromatic rings. The fourth-order valence-corrected chi connectivity index (χ4v) is 3.55. The van der Waals surface area contributed by atoms with Crippen LogP contribution in [0.5, 0.6) is 5.75 Å². The summed E-state index contributed by atoms with van der Waals surface area (Å²) in [7, 11) is 1.63. The Bertz CT molecular complexity index is 918. The van der Waals surface area contributed by atoms with Crippen molar-refractivity contribution in [2.24, 2.45) is 0 Å². The number of methoxy groups -OCH3 is 1. The maximum absolute atomic E-state index is 13.1. The van der Waals surface area contributed by atoms with Gasteiger partial charge in [0.05, 0.1) is 12.7 Å². The largest absolute Gasteiger partial charge is 0.508 e. The second-order valence-electron chi connectivity index (χ2n) is 7.93. The molecule has 0 bridgehead atoms. The molecule has 142 valence electrons. The van der Waals surface area contributed by atoms with Crippen LogP contribution in [0.3, 0.4) is 0 Å². The molecule has 1 aliphatic rings. The summed E-state index contributed by atoms with van der Waals surface area (Å²) in [5.74, 6) is 0.547. The molecule has 0 spiro atoms. The fraction of sp³-hybridized carbons (Fsp3) is 0.348. The Morgan fingerprint density at radius 1 is 0.926 bits per heavy atom. The standard InChI is InChI=1S/C23H26O4/c1-14-7-8-16(15-9-11-17(26-6)12-10-15)13-18(14)19-20(24)22(2,3)27-23(4,5)21(19)25/h7-13,24H,1-6H3. The quantitative estimate of drug-likeness (QED) is 0.821. The molecular formula is C23H26O4. The van der Waals surface area contributed by atoms with Crippen molar-refractivity contribution in [1.82, 2.24) is 0 Å². The van der Waals surface area contributed by atoms with Crippen molar-refractivity contribution < 1.29 is 19.4 Å². The summed E-state index contributed by atoms with van der Waals surface area (Å²) >= 11 is 0. The minimum atomic E-state index is -1.01. The predicted octanol–water partition coefficient (Wildman–Crippen LogP) is 5.10. The van der Waals surface area contributed by atoms with Gasteiger partial charge in [0.1, 0.15) is 22.7 Å². The third-order valence-corrected chi connectivity index (χ3v) is 5.02. The van der Waals surface area contributed by atoms with E-state index in [-0.39, 0.29) is 11.5 Å². The zero-order chi connectivity index (χ0) is 20.0. The molecule has 4 heteroatoms. The van der Waals surface area contributed by atoms with Crippen molar-refractivity contribution in [2.45, 2.75) is 45.8 Å². The Morgan fingerprint density at radius 2 is 1.52 bits per heavy atom. The summed E-state index contributed by atoms with van der Waals surface area (Å²) in [5, 5.41) is 10.8. The number of hydrogen-bond acceptors (Lipinski definition) is 4. The van der Waals surface area contributed by atoms with Gasteiger partial charge in [-0.1, -0.05) is 24.3 Å². The van der Waals surface area contributed by atoms with Gasteiger partial charge in [-0.25, -0.2) is 0 Å². The number of rotatable bonds is 3. The van der Waals surface area contributed by atoms with E-state index in [0.29, 0.717) is 5.57 Å². The molecule has 0 unspecified atom stereocenters. The Hall–Kier alpha value is -2.59. The van der Waals surface area contributed by atoms with Gasteiger partial charge < -0.3 is 14.6 Å². The number of aliphatic hydroxyl groups is 1. The minimum Gasteiger partial charge on any atom is -0.508 e. The number of ether oxygens (including phenoxy) is 2. The van der Waals surface area contributed by atoms with Gasteiger partial charge in [-0.05, 0) is 75.1 Å². The summed E-state index contributed by atoms with van der Waals surface area (Å²) in [5.41, 5.74) is 2.03. The topological polar surface area (TPSA) is 55.8 Å². The molecule has 2 aromatic carbocycles. The van der Waals surface area contributed by atoms with Crippen LogP contribution in [0.25, 0.3) is 16.7 Å². The van der Waals surface area contributed by atoms with E-state index in [1.165, 1.54) is 0 Å². The first-order chi connectivity index (χ1) is 12.6. The van der Waals surface area contributed by atoms with Gasteiger partial charge in [0.15, 0.2) is 5.78 Å². The normalized spacial score (nSPS) is 18.5. The van der Waals surface area contributed by atoms with Gasteiger partial charge in [0, 0.05) is 0 Å². The zero-order valence-electron chi connectivity index (χ0n) is 16.7. The number of Topliss-reactive ketones (excluding diaryl/α,β-unsaturated/α-hetero) is 1. The molecule has 0 saturated carbocycles. The average molecular weight is 366 g/mol. The van der Waals surface area contributed by atoms with Crippen LogP contribution in [0.1, 0.15) is 38.8 Å². The van der Waals surface area contributed by atoms with Crippen molar-refractivity contribution >= 4 is 11.4 Å². The summed E-state index contributed by atoms with van der Waals surface area (Å²) in [4.78, 5) is 13.1. The molecule has 0 saturated heterocycles. The number of carbonyl (C=O) groups is 1. The smallest absolute Gasteiger partial charge is 0.198 e. The van der Waals surface area contributed by atoms with E-state index in [1.54, 1.807) is 34.8 Å². The molecule has 27 heavy (non-hydrogen) atoms. The molecule has 0 amide bonds. The first-order valence-electron chi connectivity index (χ1n) is 9.01. The number of benzene rings is 2. The summed E-state index contributed by atoms with van der Waals surface area (Å²) in [6.45, 7) is 8.98. The summed E-state index contributed by atoms with van der Waals surface area (Å²) in [6.07, 6.45) is 0. The van der Waals surface area contributed by atoms with Crippen molar-refractivity contribution in [3.05, 3.63) is 59.4 Å². The third-order valence-electron chi connectivity index (χ3n) is 5.02. The first kappa shape index (κ1) is 19.2. The molecule has 0 aromatic heterocycles. The van der Waals surface area contributed by atoms with Crippen LogP contribution in [0, 0.1) is 6.92 Å². The third kappa shape index (κ3) is 3.37. The van der Waals surface area contributed by atoms with Gasteiger partial charge in [-0.15, -0.1) is 0 Å². The van der Waals surface area contributed by atoms with Gasteiger partial charge in [0.2, 0.25) is 0 Å². The lowest BCUT2D eigenvalue weighted by Gasteiger charge is -2.40. The average Bonchev–Trinajstić information content (AvgIpc) is 2.61. The van der Waals surface area contributed by atoms with Crippen LogP contribution < -0.4 is 4.74 Å².